The molecule has 1 heterocycles. The number of halogens is 4. The van der Waals surface area contributed by atoms with Crippen molar-refractivity contribution in [3.8, 4) is 11.5 Å². The van der Waals surface area contributed by atoms with Gasteiger partial charge in [0.05, 0.1) is 26.7 Å². The first-order chi connectivity index (χ1) is 28.3. The summed E-state index contributed by atoms with van der Waals surface area (Å²) in [7, 11) is 1.13. The number of alkyl halides is 3. The molecule has 326 valence electrons. The van der Waals surface area contributed by atoms with E-state index in [2.05, 4.69) is 18.8 Å². The third kappa shape index (κ3) is 9.74. The molecule has 0 radical (unpaired) electrons. The summed E-state index contributed by atoms with van der Waals surface area (Å²) in [6.45, 7) is 12.5. The van der Waals surface area contributed by atoms with Gasteiger partial charge in [-0.15, -0.1) is 0 Å². The number of nitrogens with zero attached hydrogens (tertiary/aromatic N) is 2. The zero-order valence-corrected chi connectivity index (χ0v) is 36.5. The van der Waals surface area contributed by atoms with Gasteiger partial charge in [-0.25, -0.2) is 4.79 Å². The van der Waals surface area contributed by atoms with Gasteiger partial charge >= 0.3 is 24.0 Å². The summed E-state index contributed by atoms with van der Waals surface area (Å²) in [4.78, 5) is 45.1. The smallest absolute Gasteiger partial charge is 0.471 e. The molecule has 1 spiro atoms. The van der Waals surface area contributed by atoms with E-state index in [1.807, 2.05) is 58.2 Å². The summed E-state index contributed by atoms with van der Waals surface area (Å²) in [5.74, 6) is -1.58. The Kier molecular flexibility index (Phi) is 13.5. The number of carbonyl (C=O) groups excluding carboxylic acids is 3. The normalized spacial score (nSPS) is 23.5. The topological polar surface area (TPSA) is 104 Å². The van der Waals surface area contributed by atoms with Crippen LogP contribution in [0.25, 0.3) is 0 Å². The summed E-state index contributed by atoms with van der Waals surface area (Å²) in [5, 5.41) is 0.121. The largest absolute Gasteiger partial charge is 0.493 e. The predicted octanol–water partition coefficient (Wildman–Crippen LogP) is 10.5. The van der Waals surface area contributed by atoms with Crippen LogP contribution in [0, 0.1) is 17.8 Å². The van der Waals surface area contributed by atoms with E-state index in [-0.39, 0.29) is 60.3 Å². The fourth-order valence-electron chi connectivity index (χ4n) is 9.89. The van der Waals surface area contributed by atoms with E-state index in [0.29, 0.717) is 42.4 Å². The molecule has 0 N–H and O–H groups in total. The number of rotatable bonds is 13. The van der Waals surface area contributed by atoms with Crippen LogP contribution in [0.2, 0.25) is 5.02 Å². The van der Waals surface area contributed by atoms with Gasteiger partial charge in [0.15, 0.2) is 0 Å². The van der Waals surface area contributed by atoms with Crippen LogP contribution in [0.1, 0.15) is 121 Å². The van der Waals surface area contributed by atoms with Gasteiger partial charge in [-0.3, -0.25) is 19.5 Å². The van der Waals surface area contributed by atoms with Gasteiger partial charge in [0, 0.05) is 34.1 Å². The van der Waals surface area contributed by atoms with E-state index < -0.39 is 34.6 Å². The van der Waals surface area contributed by atoms with E-state index >= 15 is 0 Å². The second kappa shape index (κ2) is 18.0. The molecule has 60 heavy (non-hydrogen) atoms. The molecular formula is C47H58ClF3N2O7. The fraction of sp³-hybridized carbons (Fsp3) is 0.574. The van der Waals surface area contributed by atoms with Crippen molar-refractivity contribution in [3.05, 3.63) is 82.1 Å². The zero-order chi connectivity index (χ0) is 43.6. The number of aryl methyl sites for hydroxylation is 1. The summed E-state index contributed by atoms with van der Waals surface area (Å²) in [5.41, 5.74) is 1.12. The summed E-state index contributed by atoms with van der Waals surface area (Å²) < 4.78 is 67.0. The lowest BCUT2D eigenvalue weighted by molar-refractivity contribution is -0.174. The summed E-state index contributed by atoms with van der Waals surface area (Å²) >= 11 is 6.26. The minimum absolute atomic E-state index is 0.0336. The molecule has 1 fully saturated rings. The molecule has 0 bridgehead atoms. The molecule has 0 saturated heterocycles. The SMILES string of the molecule is COC(=O)C1(N(C(=O)C(F)(F)F)c2cccc(Cl)c2)CCC2(CC1)c1cc(OCC(C)CC(=O)OC(C)(C)C)ccc1C[C@@H]2C[C@@H](C)COc1ccnc2c1[C@H](C)CCC2. The van der Waals surface area contributed by atoms with Crippen LogP contribution in [-0.2, 0) is 42.1 Å². The Labute approximate surface area is 356 Å². The molecule has 3 aliphatic rings. The second-order valence-electron chi connectivity index (χ2n) is 18.3. The van der Waals surface area contributed by atoms with Crippen molar-refractivity contribution >= 4 is 35.1 Å². The van der Waals surface area contributed by atoms with E-state index in [9.17, 15) is 27.6 Å². The van der Waals surface area contributed by atoms with E-state index in [4.69, 9.17) is 30.5 Å². The van der Waals surface area contributed by atoms with Crippen molar-refractivity contribution in [2.75, 3.05) is 25.2 Å². The van der Waals surface area contributed by atoms with Crippen LogP contribution < -0.4 is 14.4 Å². The van der Waals surface area contributed by atoms with Crippen molar-refractivity contribution in [2.24, 2.45) is 17.8 Å². The number of pyridine rings is 1. The van der Waals surface area contributed by atoms with Gasteiger partial charge in [0.25, 0.3) is 0 Å². The highest BCUT2D eigenvalue weighted by Gasteiger charge is 2.60. The highest BCUT2D eigenvalue weighted by Crippen LogP contribution is 2.58. The van der Waals surface area contributed by atoms with Gasteiger partial charge in [0.2, 0.25) is 0 Å². The van der Waals surface area contributed by atoms with Crippen LogP contribution in [0.4, 0.5) is 18.9 Å². The molecule has 4 atom stereocenters. The maximum Gasteiger partial charge on any atom is 0.471 e. The van der Waals surface area contributed by atoms with E-state index in [1.165, 1.54) is 29.8 Å². The van der Waals surface area contributed by atoms with Crippen molar-refractivity contribution < 1.29 is 46.5 Å². The molecule has 3 aliphatic carbocycles. The maximum atomic E-state index is 14.5. The number of benzene rings is 2. The Bertz CT molecular complexity index is 2040. The van der Waals surface area contributed by atoms with Crippen molar-refractivity contribution in [3.63, 3.8) is 0 Å². The average Bonchev–Trinajstić information content (AvgIpc) is 3.46. The van der Waals surface area contributed by atoms with Crippen LogP contribution >= 0.6 is 11.6 Å². The molecule has 3 aromatic rings. The van der Waals surface area contributed by atoms with Crippen LogP contribution in [0.15, 0.2) is 54.7 Å². The average molecular weight is 855 g/mol. The zero-order valence-electron chi connectivity index (χ0n) is 35.8. The third-order valence-corrected chi connectivity index (χ3v) is 12.8. The van der Waals surface area contributed by atoms with E-state index in [1.54, 1.807) is 0 Å². The Morgan fingerprint density at radius 2 is 1.68 bits per heavy atom. The van der Waals surface area contributed by atoms with Crippen molar-refractivity contribution in [1.82, 2.24) is 4.98 Å². The van der Waals surface area contributed by atoms with Crippen molar-refractivity contribution in [2.45, 2.75) is 134 Å². The first-order valence-electron chi connectivity index (χ1n) is 21.1. The highest BCUT2D eigenvalue weighted by atomic mass is 35.5. The lowest BCUT2D eigenvalue weighted by Crippen LogP contribution is -2.63. The van der Waals surface area contributed by atoms with Crippen LogP contribution in [-0.4, -0.2) is 60.5 Å². The minimum Gasteiger partial charge on any atom is -0.493 e. The standard InChI is InChI=1S/C47H58ClF3N2O7/c1-29(28-59-39-16-21-52-38-13-8-10-31(3)41(38)39)22-33-24-32-14-15-36(58-27-30(2)23-40(54)60-44(4,5)6)26-37(32)45(33)17-19-46(20-18-45,43(56)57-7)53(42(55)47(49,50)51)35-12-9-11-34(48)25-35/h9,11-12,14-16,21,25-26,29-31,33H,8,10,13,17-20,22-24,27-28H2,1-7H3/t29-,30?,31-,33+,45?,46?/m1/s1. The van der Waals surface area contributed by atoms with Gasteiger partial charge in [-0.05, 0) is 149 Å². The molecule has 13 heteroatoms. The lowest BCUT2D eigenvalue weighted by atomic mass is 9.59. The number of carbonyl (C=O) groups is 3. The van der Waals surface area contributed by atoms with Crippen LogP contribution in [0.3, 0.4) is 0 Å². The Morgan fingerprint density at radius 1 is 0.967 bits per heavy atom. The first kappa shape index (κ1) is 45.2. The van der Waals surface area contributed by atoms with Gasteiger partial charge in [-0.1, -0.05) is 44.5 Å². The molecule has 1 amide bonds. The number of hydrogen-bond donors (Lipinski definition) is 0. The predicted molar refractivity (Wildman–Crippen MR) is 224 cm³/mol. The Balaban J connectivity index is 1.31. The maximum absolute atomic E-state index is 14.5. The lowest BCUT2D eigenvalue weighted by Gasteiger charge is -2.51. The molecule has 1 unspecified atom stereocenters. The number of ether oxygens (including phenoxy) is 4. The van der Waals surface area contributed by atoms with Gasteiger partial charge in [0.1, 0.15) is 22.6 Å². The quantitative estimate of drug-likeness (QED) is 0.157. The number of amides is 1. The number of aromatic nitrogens is 1. The number of esters is 2. The number of methoxy groups -OCH3 is 1. The number of anilines is 1. The minimum atomic E-state index is -5.28. The molecule has 0 aliphatic heterocycles. The van der Waals surface area contributed by atoms with Crippen LogP contribution in [0.5, 0.6) is 11.5 Å². The summed E-state index contributed by atoms with van der Waals surface area (Å²) in [6, 6.07) is 13.5. The fourth-order valence-corrected chi connectivity index (χ4v) is 10.1. The second-order valence-corrected chi connectivity index (χ2v) is 18.8. The summed E-state index contributed by atoms with van der Waals surface area (Å²) in [6.07, 6.45) is 1.68. The number of hydrogen-bond acceptors (Lipinski definition) is 8. The van der Waals surface area contributed by atoms with E-state index in [0.717, 1.165) is 55.4 Å². The molecule has 9 nitrogen and oxygen atoms in total. The molecular weight excluding hydrogens is 797 g/mol. The van der Waals surface area contributed by atoms with Gasteiger partial charge < -0.3 is 18.9 Å². The molecule has 2 aromatic carbocycles. The molecule has 1 saturated carbocycles. The molecule has 1 aromatic heterocycles. The Hall–Kier alpha value is -4.32. The monoisotopic (exact) mass is 854 g/mol. The molecule has 6 rings (SSSR count). The Morgan fingerprint density at radius 3 is 2.35 bits per heavy atom. The highest BCUT2D eigenvalue weighted by molar-refractivity contribution is 6.31. The third-order valence-electron chi connectivity index (χ3n) is 12.6. The first-order valence-corrected chi connectivity index (χ1v) is 21.5. The van der Waals surface area contributed by atoms with Crippen molar-refractivity contribution in [1.29, 1.82) is 0 Å². The number of fused-ring (bicyclic) bond motifs is 3. The van der Waals surface area contributed by atoms with Gasteiger partial charge in [-0.2, -0.15) is 13.2 Å².